The number of piperidine rings is 1. The Balaban J connectivity index is 2.05. The summed E-state index contributed by atoms with van der Waals surface area (Å²) in [5.41, 5.74) is -2.68. The maximum Gasteiger partial charge on any atom is 0.224 e. The summed E-state index contributed by atoms with van der Waals surface area (Å²) in [7, 11) is 0. The molecule has 168 valence electrons. The Hall–Kier alpha value is -1.63. The van der Waals surface area contributed by atoms with Crippen molar-refractivity contribution >= 4 is 23.4 Å². The molecule has 30 heavy (non-hydrogen) atoms. The Morgan fingerprint density at radius 1 is 1.13 bits per heavy atom. The minimum atomic E-state index is -1.10. The highest BCUT2D eigenvalue weighted by atomic mass is 35.5. The average molecular weight is 439 g/mol. The highest BCUT2D eigenvalue weighted by Crippen LogP contribution is 2.46. The summed E-state index contributed by atoms with van der Waals surface area (Å²) >= 11 is 5.99. The van der Waals surface area contributed by atoms with E-state index in [0.29, 0.717) is 24.5 Å². The van der Waals surface area contributed by atoms with E-state index in [4.69, 9.17) is 11.6 Å². The van der Waals surface area contributed by atoms with Crippen LogP contribution >= 0.6 is 11.6 Å². The molecule has 0 spiro atoms. The molecule has 6 nitrogen and oxygen atoms in total. The zero-order valence-electron chi connectivity index (χ0n) is 18.9. The molecule has 1 aliphatic rings. The number of benzene rings is 1. The quantitative estimate of drug-likeness (QED) is 0.636. The molecule has 0 bridgehead atoms. The van der Waals surface area contributed by atoms with E-state index in [-0.39, 0.29) is 24.7 Å². The lowest BCUT2D eigenvalue weighted by Crippen LogP contribution is -2.58. The van der Waals surface area contributed by atoms with Crippen LogP contribution in [0.5, 0.6) is 0 Å². The number of carbonyl (C=O) groups excluding carboxylic acids is 2. The smallest absolute Gasteiger partial charge is 0.224 e. The van der Waals surface area contributed by atoms with Gasteiger partial charge in [0, 0.05) is 35.5 Å². The van der Waals surface area contributed by atoms with Gasteiger partial charge in [0.1, 0.15) is 0 Å². The van der Waals surface area contributed by atoms with Crippen LogP contribution in [0.25, 0.3) is 0 Å². The number of amides is 2. The number of rotatable bonds is 6. The number of hydrogen-bond acceptors (Lipinski definition) is 4. The summed E-state index contributed by atoms with van der Waals surface area (Å²) in [6.45, 7) is 11.5. The van der Waals surface area contributed by atoms with Crippen molar-refractivity contribution in [1.82, 2.24) is 10.2 Å². The molecule has 1 aliphatic heterocycles. The van der Waals surface area contributed by atoms with E-state index in [9.17, 15) is 19.8 Å². The number of carbonyl (C=O) groups is 2. The lowest BCUT2D eigenvalue weighted by atomic mass is 9.66. The van der Waals surface area contributed by atoms with Gasteiger partial charge in [-0.1, -0.05) is 37.6 Å². The SMILES string of the molecule is CC(C)(O)CC(=O)NC(C)(C)CC(=O)N1CC[C@](O)(c2ccc(Cl)cc2)C(C)(C)C1. The van der Waals surface area contributed by atoms with Gasteiger partial charge in [0.15, 0.2) is 0 Å². The van der Waals surface area contributed by atoms with E-state index in [2.05, 4.69) is 5.32 Å². The molecule has 1 atom stereocenters. The van der Waals surface area contributed by atoms with Gasteiger partial charge >= 0.3 is 0 Å². The molecule has 0 aromatic heterocycles. The van der Waals surface area contributed by atoms with Crippen LogP contribution in [0.4, 0.5) is 0 Å². The van der Waals surface area contributed by atoms with Crippen LogP contribution in [0.1, 0.15) is 66.4 Å². The minimum absolute atomic E-state index is 0.0323. The Morgan fingerprint density at radius 3 is 2.20 bits per heavy atom. The van der Waals surface area contributed by atoms with Crippen molar-refractivity contribution in [3.63, 3.8) is 0 Å². The van der Waals surface area contributed by atoms with Crippen LogP contribution in [0.3, 0.4) is 0 Å². The van der Waals surface area contributed by atoms with Crippen molar-refractivity contribution in [3.05, 3.63) is 34.9 Å². The first-order valence-electron chi connectivity index (χ1n) is 10.3. The molecule has 0 radical (unpaired) electrons. The van der Waals surface area contributed by atoms with Crippen LogP contribution in [0, 0.1) is 5.41 Å². The lowest BCUT2D eigenvalue weighted by Gasteiger charge is -2.51. The van der Waals surface area contributed by atoms with Gasteiger partial charge < -0.3 is 20.4 Å². The summed E-state index contributed by atoms with van der Waals surface area (Å²) in [4.78, 5) is 26.9. The summed E-state index contributed by atoms with van der Waals surface area (Å²) in [6.07, 6.45) is 0.522. The molecule has 1 aromatic carbocycles. The second-order valence-electron chi connectivity index (χ2n) is 10.4. The summed E-state index contributed by atoms with van der Waals surface area (Å²) in [5, 5.41) is 24.7. The predicted octanol–water partition coefficient (Wildman–Crippen LogP) is 3.23. The fourth-order valence-electron chi connectivity index (χ4n) is 4.14. The Morgan fingerprint density at radius 2 is 1.70 bits per heavy atom. The number of nitrogens with one attached hydrogen (secondary N) is 1. The standard InChI is InChI=1S/C23H35ClN2O4/c1-20(2)15-26(12-11-23(20,30)16-7-9-17(24)10-8-16)19(28)14-21(3,4)25-18(27)13-22(5,6)29/h7-10,29-30H,11-15H2,1-6H3,(H,25,27)/t23-/m0/s1. The maximum atomic E-state index is 13.0. The number of nitrogens with zero attached hydrogens (tertiary/aromatic N) is 1. The topological polar surface area (TPSA) is 89.9 Å². The molecular formula is C23H35ClN2O4. The van der Waals surface area contributed by atoms with Gasteiger partial charge in [-0.3, -0.25) is 9.59 Å². The van der Waals surface area contributed by atoms with Crippen molar-refractivity contribution in [2.75, 3.05) is 13.1 Å². The summed E-state index contributed by atoms with van der Waals surface area (Å²) < 4.78 is 0. The van der Waals surface area contributed by atoms with Crippen molar-refractivity contribution in [1.29, 1.82) is 0 Å². The van der Waals surface area contributed by atoms with Crippen LogP contribution in [0.2, 0.25) is 5.02 Å². The van der Waals surface area contributed by atoms with E-state index in [1.807, 2.05) is 26.0 Å². The fourth-order valence-corrected chi connectivity index (χ4v) is 4.27. The third kappa shape index (κ3) is 5.96. The van der Waals surface area contributed by atoms with Gasteiger partial charge in [-0.05, 0) is 51.8 Å². The summed E-state index contributed by atoms with van der Waals surface area (Å²) in [5.74, 6) is -0.369. The molecule has 1 fully saturated rings. The molecule has 0 aliphatic carbocycles. The fraction of sp³-hybridized carbons (Fsp3) is 0.652. The molecule has 1 heterocycles. The first-order valence-corrected chi connectivity index (χ1v) is 10.7. The van der Waals surface area contributed by atoms with Gasteiger partial charge in [-0.25, -0.2) is 0 Å². The minimum Gasteiger partial charge on any atom is -0.390 e. The molecular weight excluding hydrogens is 404 g/mol. The lowest BCUT2D eigenvalue weighted by molar-refractivity contribution is -0.154. The molecule has 2 rings (SSSR count). The number of likely N-dealkylation sites (tertiary alicyclic amines) is 1. The number of halogens is 1. The molecule has 1 saturated heterocycles. The first-order chi connectivity index (χ1) is 13.5. The molecule has 0 saturated carbocycles. The Bertz CT molecular complexity index is 783. The average Bonchev–Trinajstić information content (AvgIpc) is 2.54. The van der Waals surface area contributed by atoms with Crippen molar-refractivity contribution < 1.29 is 19.8 Å². The van der Waals surface area contributed by atoms with E-state index in [0.717, 1.165) is 5.56 Å². The third-order valence-electron chi connectivity index (χ3n) is 5.79. The monoisotopic (exact) mass is 438 g/mol. The zero-order chi connectivity index (χ0) is 23.0. The number of hydrogen-bond donors (Lipinski definition) is 3. The van der Waals surface area contributed by atoms with Crippen LogP contribution in [-0.2, 0) is 15.2 Å². The largest absolute Gasteiger partial charge is 0.390 e. The first kappa shape index (κ1) is 24.6. The molecule has 0 unspecified atom stereocenters. The normalized spacial score (nSPS) is 22.0. The van der Waals surface area contributed by atoms with Crippen LogP contribution in [-0.4, -0.2) is 51.2 Å². The second-order valence-corrected chi connectivity index (χ2v) is 10.9. The Labute approximate surface area is 184 Å². The number of aliphatic hydroxyl groups is 2. The van der Waals surface area contributed by atoms with E-state index in [1.165, 1.54) is 0 Å². The molecule has 1 aromatic rings. The van der Waals surface area contributed by atoms with Crippen molar-refractivity contribution in [2.24, 2.45) is 5.41 Å². The van der Waals surface area contributed by atoms with Gasteiger partial charge in [0.25, 0.3) is 0 Å². The van der Waals surface area contributed by atoms with Crippen molar-refractivity contribution in [3.8, 4) is 0 Å². The van der Waals surface area contributed by atoms with E-state index in [1.54, 1.807) is 44.7 Å². The van der Waals surface area contributed by atoms with Gasteiger partial charge in [-0.15, -0.1) is 0 Å². The van der Waals surface area contributed by atoms with E-state index < -0.39 is 22.2 Å². The van der Waals surface area contributed by atoms with Gasteiger partial charge in [0.2, 0.25) is 11.8 Å². The highest BCUT2D eigenvalue weighted by molar-refractivity contribution is 6.30. The van der Waals surface area contributed by atoms with Crippen molar-refractivity contribution in [2.45, 2.75) is 77.5 Å². The summed E-state index contributed by atoms with van der Waals surface area (Å²) in [6, 6.07) is 7.20. The Kier molecular flexibility index (Phi) is 6.97. The zero-order valence-corrected chi connectivity index (χ0v) is 19.6. The predicted molar refractivity (Wildman–Crippen MR) is 118 cm³/mol. The highest BCUT2D eigenvalue weighted by Gasteiger charge is 2.49. The second kappa shape index (κ2) is 8.48. The molecule has 3 N–H and O–H groups in total. The van der Waals surface area contributed by atoms with E-state index >= 15 is 0 Å². The molecule has 2 amide bonds. The van der Waals surface area contributed by atoms with Crippen LogP contribution in [0.15, 0.2) is 24.3 Å². The van der Waals surface area contributed by atoms with Gasteiger partial charge in [-0.2, -0.15) is 0 Å². The maximum absolute atomic E-state index is 13.0. The van der Waals surface area contributed by atoms with Gasteiger partial charge in [0.05, 0.1) is 17.6 Å². The molecule has 7 heteroatoms. The van der Waals surface area contributed by atoms with Crippen LogP contribution < -0.4 is 5.32 Å². The third-order valence-corrected chi connectivity index (χ3v) is 6.04.